The average molecular weight is 342 g/mol. The number of hydrogen-bond donors (Lipinski definition) is 0. The summed E-state index contributed by atoms with van der Waals surface area (Å²) in [5, 5.41) is 0. The molecular weight excluding hydrogens is 320 g/mol. The Morgan fingerprint density at radius 3 is 2.64 bits per heavy atom. The maximum absolute atomic E-state index is 12.6. The van der Waals surface area contributed by atoms with Gasteiger partial charge in [-0.2, -0.15) is 0 Å². The van der Waals surface area contributed by atoms with Crippen molar-refractivity contribution in [3.63, 3.8) is 0 Å². The van der Waals surface area contributed by atoms with Gasteiger partial charge in [0.2, 0.25) is 0 Å². The van der Waals surface area contributed by atoms with Crippen LogP contribution in [0.3, 0.4) is 0 Å². The van der Waals surface area contributed by atoms with Gasteiger partial charge < -0.3 is 18.8 Å². The third kappa shape index (κ3) is 3.61. The monoisotopic (exact) mass is 342 g/mol. The minimum atomic E-state index is 0.0105. The molecule has 0 spiro atoms. The van der Waals surface area contributed by atoms with Crippen LogP contribution in [0.5, 0.6) is 0 Å². The number of benzene rings is 1. The summed E-state index contributed by atoms with van der Waals surface area (Å²) >= 11 is 0. The van der Waals surface area contributed by atoms with Crippen LogP contribution in [0.4, 0.5) is 5.69 Å². The summed E-state index contributed by atoms with van der Waals surface area (Å²) in [6.45, 7) is 5.44. The Morgan fingerprint density at radius 2 is 1.84 bits per heavy atom. The summed E-state index contributed by atoms with van der Waals surface area (Å²) in [4.78, 5) is 16.8. The predicted octanol–water partition coefficient (Wildman–Crippen LogP) is 2.14. The number of amides is 1. The van der Waals surface area contributed by atoms with Gasteiger partial charge in [-0.15, -0.1) is 0 Å². The van der Waals surface area contributed by atoms with Crippen molar-refractivity contribution < 1.29 is 18.7 Å². The molecular formula is C19H22N2O4. The van der Waals surface area contributed by atoms with Crippen molar-refractivity contribution in [2.75, 3.05) is 50.9 Å². The van der Waals surface area contributed by atoms with E-state index in [1.165, 1.54) is 0 Å². The second kappa shape index (κ2) is 7.39. The number of fused-ring (bicyclic) bond motifs is 1. The van der Waals surface area contributed by atoms with E-state index in [4.69, 9.17) is 13.9 Å². The lowest BCUT2D eigenvalue weighted by molar-refractivity contribution is -0.123. The van der Waals surface area contributed by atoms with Crippen molar-refractivity contribution in [3.05, 3.63) is 42.4 Å². The lowest BCUT2D eigenvalue weighted by atomic mass is 10.0. The minimum Gasteiger partial charge on any atom is -0.472 e. The predicted molar refractivity (Wildman–Crippen MR) is 93.4 cm³/mol. The Bertz CT molecular complexity index is 723. The number of furan rings is 1. The maximum atomic E-state index is 12.6. The van der Waals surface area contributed by atoms with Gasteiger partial charge in [-0.05, 0) is 17.7 Å². The van der Waals surface area contributed by atoms with Gasteiger partial charge in [0.15, 0.2) is 0 Å². The molecule has 2 aliphatic rings. The van der Waals surface area contributed by atoms with Crippen LogP contribution >= 0.6 is 0 Å². The number of carbonyl (C=O) groups is 1. The molecule has 1 saturated heterocycles. The molecule has 6 nitrogen and oxygen atoms in total. The zero-order valence-corrected chi connectivity index (χ0v) is 14.1. The highest BCUT2D eigenvalue weighted by atomic mass is 16.5. The summed E-state index contributed by atoms with van der Waals surface area (Å²) in [6.07, 6.45) is 3.38. The van der Waals surface area contributed by atoms with Crippen LogP contribution < -0.4 is 4.90 Å². The first-order valence-electron chi connectivity index (χ1n) is 8.65. The van der Waals surface area contributed by atoms with E-state index in [1.807, 2.05) is 23.1 Å². The number of morpholine rings is 1. The molecule has 0 unspecified atom stereocenters. The number of anilines is 1. The Morgan fingerprint density at radius 1 is 0.960 bits per heavy atom. The smallest absolute Gasteiger partial charge is 0.253 e. The van der Waals surface area contributed by atoms with Gasteiger partial charge in [0, 0.05) is 43.0 Å². The minimum absolute atomic E-state index is 0.0105. The summed E-state index contributed by atoms with van der Waals surface area (Å²) in [7, 11) is 0. The topological polar surface area (TPSA) is 55.2 Å². The van der Waals surface area contributed by atoms with Gasteiger partial charge in [0.05, 0.1) is 32.3 Å². The molecule has 0 bridgehead atoms. The van der Waals surface area contributed by atoms with E-state index in [0.717, 1.165) is 55.2 Å². The SMILES string of the molecule is O=C1COCc2ccc(-c3ccoc3)cc2N1CCN1CCOCC1. The molecule has 0 radical (unpaired) electrons. The Balaban J connectivity index is 1.59. The molecule has 4 rings (SSSR count). The molecule has 3 heterocycles. The van der Waals surface area contributed by atoms with Crippen LogP contribution in [0.2, 0.25) is 0 Å². The van der Waals surface area contributed by atoms with Gasteiger partial charge >= 0.3 is 0 Å². The van der Waals surface area contributed by atoms with E-state index in [1.54, 1.807) is 12.5 Å². The molecule has 6 heteroatoms. The van der Waals surface area contributed by atoms with Crippen LogP contribution in [0, 0.1) is 0 Å². The summed E-state index contributed by atoms with van der Waals surface area (Å²) in [5.41, 5.74) is 4.03. The number of nitrogens with zero attached hydrogens (tertiary/aromatic N) is 2. The van der Waals surface area contributed by atoms with Crippen LogP contribution in [0.15, 0.2) is 41.2 Å². The number of rotatable bonds is 4. The fraction of sp³-hybridized carbons (Fsp3) is 0.421. The summed E-state index contributed by atoms with van der Waals surface area (Å²) in [5.74, 6) is 0.0105. The molecule has 1 fully saturated rings. The van der Waals surface area contributed by atoms with E-state index in [-0.39, 0.29) is 12.5 Å². The third-order valence-corrected chi connectivity index (χ3v) is 4.76. The van der Waals surface area contributed by atoms with Crippen molar-refractivity contribution in [3.8, 4) is 11.1 Å². The second-order valence-corrected chi connectivity index (χ2v) is 6.35. The van der Waals surface area contributed by atoms with Crippen LogP contribution in [0.25, 0.3) is 11.1 Å². The van der Waals surface area contributed by atoms with Gasteiger partial charge in [-0.1, -0.05) is 12.1 Å². The summed E-state index contributed by atoms with van der Waals surface area (Å²) < 4.78 is 16.1. The van der Waals surface area contributed by atoms with Crippen LogP contribution in [-0.4, -0.2) is 56.8 Å². The molecule has 2 aliphatic heterocycles. The molecule has 1 aromatic carbocycles. The highest BCUT2D eigenvalue weighted by Crippen LogP contribution is 2.30. The number of carbonyl (C=O) groups excluding carboxylic acids is 1. The van der Waals surface area contributed by atoms with Crippen molar-refractivity contribution >= 4 is 11.6 Å². The normalized spacial score (nSPS) is 18.9. The van der Waals surface area contributed by atoms with E-state index >= 15 is 0 Å². The lowest BCUT2D eigenvalue weighted by Crippen LogP contribution is -2.43. The molecule has 25 heavy (non-hydrogen) atoms. The fourth-order valence-electron chi connectivity index (χ4n) is 3.32. The van der Waals surface area contributed by atoms with Crippen LogP contribution in [0.1, 0.15) is 5.56 Å². The number of ether oxygens (including phenoxy) is 2. The second-order valence-electron chi connectivity index (χ2n) is 6.35. The molecule has 1 amide bonds. The van der Waals surface area contributed by atoms with Crippen molar-refractivity contribution in [1.82, 2.24) is 4.90 Å². The van der Waals surface area contributed by atoms with E-state index in [9.17, 15) is 4.79 Å². The van der Waals surface area contributed by atoms with E-state index < -0.39 is 0 Å². The maximum Gasteiger partial charge on any atom is 0.253 e. The van der Waals surface area contributed by atoms with Crippen molar-refractivity contribution in [1.29, 1.82) is 0 Å². The van der Waals surface area contributed by atoms with Crippen molar-refractivity contribution in [2.45, 2.75) is 6.61 Å². The zero-order valence-electron chi connectivity index (χ0n) is 14.1. The average Bonchev–Trinajstić information content (AvgIpc) is 3.13. The lowest BCUT2D eigenvalue weighted by Gasteiger charge is -2.30. The molecule has 0 saturated carbocycles. The first-order valence-corrected chi connectivity index (χ1v) is 8.65. The highest BCUT2D eigenvalue weighted by molar-refractivity contribution is 5.96. The highest BCUT2D eigenvalue weighted by Gasteiger charge is 2.24. The first kappa shape index (κ1) is 16.3. The Labute approximate surface area is 146 Å². The standard InChI is InChI=1S/C19H22N2O4/c22-19-14-25-13-17-2-1-15(16-3-8-24-12-16)11-18(17)21(19)5-4-20-6-9-23-10-7-20/h1-3,8,11-12H,4-7,9-10,13-14H2. The molecule has 132 valence electrons. The largest absolute Gasteiger partial charge is 0.472 e. The van der Waals surface area contributed by atoms with Crippen LogP contribution in [-0.2, 0) is 20.9 Å². The Kier molecular flexibility index (Phi) is 4.83. The third-order valence-electron chi connectivity index (χ3n) is 4.76. The molecule has 2 aromatic rings. The van der Waals surface area contributed by atoms with Gasteiger partial charge in [-0.25, -0.2) is 0 Å². The summed E-state index contributed by atoms with van der Waals surface area (Å²) in [6, 6.07) is 8.07. The van der Waals surface area contributed by atoms with E-state index in [0.29, 0.717) is 13.2 Å². The van der Waals surface area contributed by atoms with Crippen molar-refractivity contribution in [2.24, 2.45) is 0 Å². The number of hydrogen-bond acceptors (Lipinski definition) is 5. The fourth-order valence-corrected chi connectivity index (χ4v) is 3.32. The van der Waals surface area contributed by atoms with Gasteiger partial charge in [-0.3, -0.25) is 9.69 Å². The Hall–Kier alpha value is -2.15. The molecule has 0 aliphatic carbocycles. The van der Waals surface area contributed by atoms with Gasteiger partial charge in [0.1, 0.15) is 6.61 Å². The zero-order chi connectivity index (χ0) is 17.1. The molecule has 0 atom stereocenters. The van der Waals surface area contributed by atoms with E-state index in [2.05, 4.69) is 11.0 Å². The molecule has 0 N–H and O–H groups in total. The van der Waals surface area contributed by atoms with Gasteiger partial charge in [0.25, 0.3) is 5.91 Å². The first-order chi connectivity index (χ1) is 12.3. The quantitative estimate of drug-likeness (QED) is 0.852. The molecule has 1 aromatic heterocycles.